The van der Waals surface area contributed by atoms with Crippen LogP contribution in [0.2, 0.25) is 5.02 Å². The van der Waals surface area contributed by atoms with Crippen LogP contribution in [0.4, 0.5) is 0 Å². The van der Waals surface area contributed by atoms with Crippen LogP contribution >= 0.6 is 23.8 Å². The SMILES string of the molecule is COc1c(C)c2c(c(O)c1C/C=C(\C)CCC(=S)Oc1ccccc1Cl)C(=O)OC2. The van der Waals surface area contributed by atoms with Crippen LogP contribution in [-0.2, 0) is 17.8 Å². The molecule has 7 heteroatoms. The largest absolute Gasteiger partial charge is 0.507 e. The van der Waals surface area contributed by atoms with Crippen molar-refractivity contribution in [2.75, 3.05) is 7.11 Å². The Labute approximate surface area is 186 Å². The van der Waals surface area contributed by atoms with Crippen LogP contribution < -0.4 is 9.47 Å². The summed E-state index contributed by atoms with van der Waals surface area (Å²) in [7, 11) is 1.55. The van der Waals surface area contributed by atoms with Crippen molar-refractivity contribution in [2.45, 2.75) is 39.7 Å². The first kappa shape index (κ1) is 22.1. The molecule has 1 heterocycles. The summed E-state index contributed by atoms with van der Waals surface area (Å²) < 4.78 is 16.2. The van der Waals surface area contributed by atoms with Gasteiger partial charge in [0.1, 0.15) is 29.4 Å². The average molecular weight is 447 g/mol. The lowest BCUT2D eigenvalue weighted by Gasteiger charge is -2.15. The fourth-order valence-electron chi connectivity index (χ4n) is 3.41. The molecule has 0 aromatic heterocycles. The van der Waals surface area contributed by atoms with Crippen molar-refractivity contribution in [1.82, 2.24) is 0 Å². The summed E-state index contributed by atoms with van der Waals surface area (Å²) in [4.78, 5) is 12.0. The van der Waals surface area contributed by atoms with Crippen molar-refractivity contribution in [3.8, 4) is 17.2 Å². The molecule has 0 fully saturated rings. The van der Waals surface area contributed by atoms with Crippen molar-refractivity contribution in [3.63, 3.8) is 0 Å². The van der Waals surface area contributed by atoms with Crippen LogP contribution in [0, 0.1) is 6.92 Å². The molecule has 0 aliphatic carbocycles. The van der Waals surface area contributed by atoms with Gasteiger partial charge in [-0.2, -0.15) is 0 Å². The van der Waals surface area contributed by atoms with Crippen LogP contribution in [0.15, 0.2) is 35.9 Å². The number of esters is 1. The molecule has 0 bridgehead atoms. The molecule has 3 rings (SSSR count). The van der Waals surface area contributed by atoms with E-state index < -0.39 is 5.97 Å². The number of hydrogen-bond acceptors (Lipinski definition) is 6. The highest BCUT2D eigenvalue weighted by atomic mass is 35.5. The van der Waals surface area contributed by atoms with Crippen LogP contribution in [0.25, 0.3) is 0 Å². The Bertz CT molecular complexity index is 1030. The zero-order valence-electron chi connectivity index (χ0n) is 17.1. The lowest BCUT2D eigenvalue weighted by molar-refractivity contribution is 0.0533. The van der Waals surface area contributed by atoms with Crippen molar-refractivity contribution in [1.29, 1.82) is 0 Å². The van der Waals surface area contributed by atoms with Crippen LogP contribution in [-0.4, -0.2) is 23.2 Å². The molecule has 30 heavy (non-hydrogen) atoms. The summed E-state index contributed by atoms with van der Waals surface area (Å²) in [5.41, 5.74) is 3.38. The molecule has 0 saturated heterocycles. The zero-order chi connectivity index (χ0) is 21.8. The number of halogens is 1. The monoisotopic (exact) mass is 446 g/mol. The third kappa shape index (κ3) is 4.60. The minimum Gasteiger partial charge on any atom is -0.507 e. The summed E-state index contributed by atoms with van der Waals surface area (Å²) in [5, 5.41) is 11.6. The molecular formula is C23H23ClO5S. The van der Waals surface area contributed by atoms with E-state index in [-0.39, 0.29) is 17.9 Å². The zero-order valence-corrected chi connectivity index (χ0v) is 18.7. The number of aromatic hydroxyl groups is 1. The van der Waals surface area contributed by atoms with E-state index in [0.29, 0.717) is 52.0 Å². The maximum atomic E-state index is 12.0. The second kappa shape index (κ2) is 9.49. The van der Waals surface area contributed by atoms with Gasteiger partial charge in [0.2, 0.25) is 0 Å². The Kier molecular flexibility index (Phi) is 7.00. The van der Waals surface area contributed by atoms with Gasteiger partial charge in [-0.15, -0.1) is 0 Å². The number of para-hydroxylation sites is 1. The van der Waals surface area contributed by atoms with Crippen molar-refractivity contribution < 1.29 is 24.1 Å². The van der Waals surface area contributed by atoms with Crippen molar-refractivity contribution in [2.24, 2.45) is 0 Å². The number of hydrogen-bond donors (Lipinski definition) is 1. The van der Waals surface area contributed by atoms with Gasteiger partial charge in [0.25, 0.3) is 0 Å². The molecule has 1 N–H and O–H groups in total. The van der Waals surface area contributed by atoms with Crippen molar-refractivity contribution in [3.05, 3.63) is 63.2 Å². The van der Waals surface area contributed by atoms with E-state index in [9.17, 15) is 9.90 Å². The maximum absolute atomic E-state index is 12.0. The predicted octanol–water partition coefficient (Wildman–Crippen LogP) is 5.71. The Balaban J connectivity index is 1.69. The molecule has 1 aliphatic heterocycles. The van der Waals surface area contributed by atoms with Crippen LogP contribution in [0.1, 0.15) is 46.8 Å². The number of phenols is 1. The summed E-state index contributed by atoms with van der Waals surface area (Å²) in [6.45, 7) is 4.00. The third-order valence-electron chi connectivity index (χ3n) is 5.09. The van der Waals surface area contributed by atoms with Gasteiger partial charge < -0.3 is 19.3 Å². The van der Waals surface area contributed by atoms with Gasteiger partial charge in [0.05, 0.1) is 12.1 Å². The van der Waals surface area contributed by atoms with E-state index in [1.165, 1.54) is 0 Å². The van der Waals surface area contributed by atoms with E-state index in [0.717, 1.165) is 11.1 Å². The molecule has 0 atom stereocenters. The Hall–Kier alpha value is -2.57. The molecule has 2 aromatic carbocycles. The number of thiocarbonyl (C=S) groups is 1. The number of benzene rings is 2. The van der Waals surface area contributed by atoms with E-state index >= 15 is 0 Å². The fourth-order valence-corrected chi connectivity index (χ4v) is 3.77. The van der Waals surface area contributed by atoms with E-state index in [1.54, 1.807) is 19.2 Å². The number of phenolic OH excluding ortho intramolecular Hbond substituents is 1. The summed E-state index contributed by atoms with van der Waals surface area (Å²) in [6, 6.07) is 7.19. The molecule has 0 unspecified atom stereocenters. The topological polar surface area (TPSA) is 65.0 Å². The standard InChI is InChI=1S/C23H23ClO5S/c1-13(9-11-19(30)29-18-7-5-4-6-17(18)24)8-10-15-21(25)20-16(12-28-23(20)26)14(2)22(15)27-3/h4-8,25H,9-12H2,1-3H3/b13-8+. The van der Waals surface area contributed by atoms with Crippen LogP contribution in [0.3, 0.4) is 0 Å². The van der Waals surface area contributed by atoms with Gasteiger partial charge in [-0.1, -0.05) is 35.4 Å². The highest BCUT2D eigenvalue weighted by Gasteiger charge is 2.31. The predicted molar refractivity (Wildman–Crippen MR) is 120 cm³/mol. The minimum absolute atomic E-state index is 0.0726. The van der Waals surface area contributed by atoms with Gasteiger partial charge >= 0.3 is 5.97 Å². The van der Waals surface area contributed by atoms with E-state index in [2.05, 4.69) is 0 Å². The summed E-state index contributed by atoms with van der Waals surface area (Å²) in [6.07, 6.45) is 3.65. The molecular weight excluding hydrogens is 424 g/mol. The second-order valence-electron chi connectivity index (χ2n) is 7.07. The first-order valence-corrected chi connectivity index (χ1v) is 10.3. The fraction of sp³-hybridized carbons (Fsp3) is 0.304. The number of methoxy groups -OCH3 is 1. The lowest BCUT2D eigenvalue weighted by atomic mass is 9.94. The number of carbonyl (C=O) groups excluding carboxylic acids is 1. The third-order valence-corrected chi connectivity index (χ3v) is 5.69. The number of allylic oxidation sites excluding steroid dienone is 2. The molecule has 0 radical (unpaired) electrons. The number of cyclic esters (lactones) is 1. The molecule has 2 aromatic rings. The highest BCUT2D eigenvalue weighted by Crippen LogP contribution is 2.42. The number of ether oxygens (including phenoxy) is 3. The normalized spacial score (nSPS) is 13.1. The quantitative estimate of drug-likeness (QED) is 0.334. The number of rotatable bonds is 7. The first-order chi connectivity index (χ1) is 14.3. The van der Waals surface area contributed by atoms with E-state index in [4.69, 9.17) is 38.0 Å². The molecule has 0 saturated carbocycles. The highest BCUT2D eigenvalue weighted by molar-refractivity contribution is 7.80. The van der Waals surface area contributed by atoms with Gasteiger partial charge in [-0.25, -0.2) is 4.79 Å². The number of carbonyl (C=O) groups is 1. The average Bonchev–Trinajstić information content (AvgIpc) is 3.11. The molecule has 0 spiro atoms. The van der Waals surface area contributed by atoms with Gasteiger partial charge in [0, 0.05) is 17.5 Å². The van der Waals surface area contributed by atoms with Gasteiger partial charge in [0.15, 0.2) is 5.05 Å². The lowest BCUT2D eigenvalue weighted by Crippen LogP contribution is -2.06. The molecule has 0 amide bonds. The number of fused-ring (bicyclic) bond motifs is 1. The molecule has 1 aliphatic rings. The van der Waals surface area contributed by atoms with Crippen LogP contribution in [0.5, 0.6) is 17.2 Å². The Morgan fingerprint density at radius 3 is 2.77 bits per heavy atom. The molecule has 158 valence electrons. The van der Waals surface area contributed by atoms with E-state index in [1.807, 2.05) is 32.1 Å². The first-order valence-electron chi connectivity index (χ1n) is 9.52. The Morgan fingerprint density at radius 2 is 2.07 bits per heavy atom. The van der Waals surface area contributed by atoms with Crippen molar-refractivity contribution >= 4 is 34.8 Å². The smallest absolute Gasteiger partial charge is 0.342 e. The second-order valence-corrected chi connectivity index (χ2v) is 7.94. The summed E-state index contributed by atoms with van der Waals surface area (Å²) >= 11 is 11.4. The maximum Gasteiger partial charge on any atom is 0.342 e. The van der Waals surface area contributed by atoms with Gasteiger partial charge in [-0.05, 0) is 56.6 Å². The Morgan fingerprint density at radius 1 is 1.33 bits per heavy atom. The summed E-state index contributed by atoms with van der Waals surface area (Å²) in [5.74, 6) is 0.543. The molecule has 5 nitrogen and oxygen atoms in total. The van der Waals surface area contributed by atoms with Gasteiger partial charge in [-0.3, -0.25) is 0 Å². The minimum atomic E-state index is -0.503.